The lowest BCUT2D eigenvalue weighted by Crippen LogP contribution is -2.23. The lowest BCUT2D eigenvalue weighted by molar-refractivity contribution is 0.185. The molecule has 0 aromatic heterocycles. The Morgan fingerprint density at radius 2 is 1.26 bits per heavy atom. The van der Waals surface area contributed by atoms with E-state index in [-0.39, 0.29) is 10.8 Å². The maximum Gasteiger partial charge on any atom is 0.137 e. The van der Waals surface area contributed by atoms with Crippen LogP contribution in [0.2, 0.25) is 0 Å². The van der Waals surface area contributed by atoms with Crippen molar-refractivity contribution in [1.29, 1.82) is 0 Å². The molecule has 0 aliphatic heterocycles. The van der Waals surface area contributed by atoms with E-state index in [2.05, 4.69) is 65.8 Å². The highest BCUT2D eigenvalue weighted by Crippen LogP contribution is 2.51. The molecule has 0 heterocycles. The summed E-state index contributed by atoms with van der Waals surface area (Å²) in [5.74, 6) is 1.65. The predicted molar refractivity (Wildman–Crippen MR) is 131 cm³/mol. The van der Waals surface area contributed by atoms with E-state index in [9.17, 15) is 0 Å². The van der Waals surface area contributed by atoms with Crippen molar-refractivity contribution in [3.8, 4) is 22.6 Å². The Labute approximate surface area is 187 Å². The zero-order valence-corrected chi connectivity index (χ0v) is 19.9. The van der Waals surface area contributed by atoms with Crippen LogP contribution in [0.4, 0.5) is 5.69 Å². The van der Waals surface area contributed by atoms with Gasteiger partial charge >= 0.3 is 0 Å². The Hall–Kier alpha value is -2.78. The molecule has 0 spiro atoms. The summed E-state index contributed by atoms with van der Waals surface area (Å²) in [5.41, 5.74) is 12.6. The second kappa shape index (κ2) is 8.76. The molecule has 3 aromatic rings. The molecule has 0 aliphatic carbocycles. The van der Waals surface area contributed by atoms with Crippen LogP contribution in [-0.2, 0) is 22.2 Å². The average Bonchev–Trinajstić information content (AvgIpc) is 2.69. The number of methoxy groups -OCH3 is 1. The van der Waals surface area contributed by atoms with E-state index in [1.807, 2.05) is 36.4 Å². The van der Waals surface area contributed by atoms with Gasteiger partial charge in [-0.3, -0.25) is 0 Å². The van der Waals surface area contributed by atoms with E-state index in [0.717, 1.165) is 45.0 Å². The fourth-order valence-corrected chi connectivity index (χ4v) is 4.18. The minimum atomic E-state index is -0.216. The normalized spacial score (nSPS) is 12.1. The summed E-state index contributed by atoms with van der Waals surface area (Å²) in [5, 5.41) is 0. The van der Waals surface area contributed by atoms with Gasteiger partial charge in [0.05, 0.1) is 6.61 Å². The summed E-state index contributed by atoms with van der Waals surface area (Å²) in [6.07, 6.45) is 0. The summed E-state index contributed by atoms with van der Waals surface area (Å²) < 4.78 is 12.3. The maximum absolute atomic E-state index is 6.90. The number of ether oxygens (including phenoxy) is 2. The first-order valence-electron chi connectivity index (χ1n) is 10.8. The van der Waals surface area contributed by atoms with Crippen molar-refractivity contribution in [2.75, 3.05) is 12.8 Å². The largest absolute Gasteiger partial charge is 0.457 e. The summed E-state index contributed by atoms with van der Waals surface area (Å²) in [7, 11) is 1.72. The van der Waals surface area contributed by atoms with E-state index < -0.39 is 0 Å². The van der Waals surface area contributed by atoms with Crippen LogP contribution in [0.5, 0.6) is 11.5 Å². The molecule has 3 nitrogen and oxygen atoms in total. The van der Waals surface area contributed by atoms with Gasteiger partial charge in [0.25, 0.3) is 0 Å². The van der Waals surface area contributed by atoms with Gasteiger partial charge in [-0.1, -0.05) is 90.1 Å². The first-order chi connectivity index (χ1) is 14.6. The van der Waals surface area contributed by atoms with Crippen molar-refractivity contribution in [2.24, 2.45) is 0 Å². The van der Waals surface area contributed by atoms with Crippen molar-refractivity contribution in [1.82, 2.24) is 0 Å². The van der Waals surface area contributed by atoms with Gasteiger partial charge < -0.3 is 15.2 Å². The molecular formula is C28H35NO2. The molecular weight excluding hydrogens is 382 g/mol. The van der Waals surface area contributed by atoms with Crippen LogP contribution in [0.3, 0.4) is 0 Å². The molecule has 0 unspecified atom stereocenters. The Balaban J connectivity index is 2.51. The Morgan fingerprint density at radius 1 is 0.742 bits per heavy atom. The second-order valence-electron chi connectivity index (χ2n) is 10.1. The number of nitrogens with two attached hydrogens (primary N) is 1. The molecule has 0 aliphatic rings. The van der Waals surface area contributed by atoms with E-state index >= 15 is 0 Å². The summed E-state index contributed by atoms with van der Waals surface area (Å²) in [6.45, 7) is 13.7. The molecule has 3 rings (SSSR count). The van der Waals surface area contributed by atoms with Crippen LogP contribution >= 0.6 is 0 Å². The van der Waals surface area contributed by atoms with Crippen LogP contribution in [0.1, 0.15) is 58.2 Å². The topological polar surface area (TPSA) is 44.5 Å². The average molecular weight is 418 g/mol. The lowest BCUT2D eigenvalue weighted by Gasteiger charge is -2.35. The third kappa shape index (κ3) is 4.77. The molecule has 3 heteroatoms. The van der Waals surface area contributed by atoms with Gasteiger partial charge in [0.15, 0.2) is 0 Å². The molecule has 164 valence electrons. The molecule has 0 fully saturated rings. The van der Waals surface area contributed by atoms with E-state index in [1.54, 1.807) is 7.11 Å². The number of anilines is 1. The highest BCUT2D eigenvalue weighted by atomic mass is 16.5. The van der Waals surface area contributed by atoms with Crippen molar-refractivity contribution in [3.05, 3.63) is 77.4 Å². The zero-order valence-electron chi connectivity index (χ0n) is 19.9. The first-order valence-corrected chi connectivity index (χ1v) is 10.8. The van der Waals surface area contributed by atoms with Gasteiger partial charge in [-0.15, -0.1) is 0 Å². The molecule has 0 saturated carbocycles. The zero-order chi connectivity index (χ0) is 22.8. The van der Waals surface area contributed by atoms with E-state index in [1.165, 1.54) is 0 Å². The van der Waals surface area contributed by atoms with Crippen LogP contribution in [0.25, 0.3) is 11.1 Å². The molecule has 3 aromatic carbocycles. The van der Waals surface area contributed by atoms with Crippen LogP contribution in [-0.4, -0.2) is 7.11 Å². The fourth-order valence-electron chi connectivity index (χ4n) is 4.18. The number of hydrogen-bond donors (Lipinski definition) is 1. The van der Waals surface area contributed by atoms with Crippen molar-refractivity contribution in [2.45, 2.75) is 59.0 Å². The maximum atomic E-state index is 6.90. The van der Waals surface area contributed by atoms with Gasteiger partial charge in [-0.2, -0.15) is 0 Å². The SMILES string of the molecule is COCc1c(N)c(C(C)(C)C)c(Oc2ccccc2)c(C(C)(C)C)c1-c1ccccc1. The highest BCUT2D eigenvalue weighted by molar-refractivity contribution is 5.84. The number of para-hydroxylation sites is 1. The minimum absolute atomic E-state index is 0.189. The fraction of sp³-hybridized carbons (Fsp3) is 0.357. The summed E-state index contributed by atoms with van der Waals surface area (Å²) in [4.78, 5) is 0. The van der Waals surface area contributed by atoms with Gasteiger partial charge in [0.2, 0.25) is 0 Å². The van der Waals surface area contributed by atoms with E-state index in [0.29, 0.717) is 6.61 Å². The van der Waals surface area contributed by atoms with Crippen LogP contribution in [0, 0.1) is 0 Å². The molecule has 0 amide bonds. The monoisotopic (exact) mass is 417 g/mol. The van der Waals surface area contributed by atoms with Crippen LogP contribution in [0.15, 0.2) is 60.7 Å². The minimum Gasteiger partial charge on any atom is -0.457 e. The molecule has 0 saturated heterocycles. The quantitative estimate of drug-likeness (QED) is 0.438. The van der Waals surface area contributed by atoms with Crippen molar-refractivity contribution in [3.63, 3.8) is 0 Å². The third-order valence-corrected chi connectivity index (χ3v) is 5.41. The van der Waals surface area contributed by atoms with Crippen LogP contribution < -0.4 is 10.5 Å². The summed E-state index contributed by atoms with van der Waals surface area (Å²) >= 11 is 0. The third-order valence-electron chi connectivity index (χ3n) is 5.41. The molecule has 0 radical (unpaired) electrons. The van der Waals surface area contributed by atoms with Gasteiger partial charge in [0, 0.05) is 29.5 Å². The number of rotatable bonds is 5. The molecule has 2 N–H and O–H groups in total. The highest BCUT2D eigenvalue weighted by Gasteiger charge is 2.35. The smallest absolute Gasteiger partial charge is 0.137 e. The predicted octanol–water partition coefficient (Wildman–Crippen LogP) is 7.47. The Kier molecular flexibility index (Phi) is 6.47. The standard InChI is InChI=1S/C28H35NO2/c1-27(2,3)23-22(19-14-10-8-11-15-19)21(18-30-7)25(29)24(28(4,5)6)26(23)31-20-16-12-9-13-17-20/h8-17H,18,29H2,1-7H3. The number of benzene rings is 3. The first kappa shape index (κ1) is 22.9. The van der Waals surface area contributed by atoms with Crippen molar-refractivity contribution >= 4 is 5.69 Å². The second-order valence-corrected chi connectivity index (χ2v) is 10.1. The number of hydrogen-bond acceptors (Lipinski definition) is 3. The molecule has 0 atom stereocenters. The van der Waals surface area contributed by atoms with E-state index in [4.69, 9.17) is 15.2 Å². The van der Waals surface area contributed by atoms with Gasteiger partial charge in [-0.25, -0.2) is 0 Å². The Morgan fingerprint density at radius 3 is 1.74 bits per heavy atom. The van der Waals surface area contributed by atoms with Crippen molar-refractivity contribution < 1.29 is 9.47 Å². The molecule has 31 heavy (non-hydrogen) atoms. The number of nitrogen functional groups attached to an aromatic ring is 1. The summed E-state index contributed by atoms with van der Waals surface area (Å²) in [6, 6.07) is 20.4. The molecule has 0 bridgehead atoms. The van der Waals surface area contributed by atoms with Gasteiger partial charge in [0.1, 0.15) is 11.5 Å². The van der Waals surface area contributed by atoms with Gasteiger partial charge in [-0.05, 0) is 34.1 Å². The Bertz CT molecular complexity index is 1030. The lowest BCUT2D eigenvalue weighted by atomic mass is 9.73.